The van der Waals surface area contributed by atoms with Gasteiger partial charge in [-0.25, -0.2) is 9.97 Å². The van der Waals surface area contributed by atoms with Crippen LogP contribution in [-0.4, -0.2) is 14.5 Å². The zero-order valence-electron chi connectivity index (χ0n) is 12.0. The molecule has 2 N–H and O–H groups in total. The van der Waals surface area contributed by atoms with Crippen molar-refractivity contribution in [1.29, 1.82) is 0 Å². The van der Waals surface area contributed by atoms with Crippen LogP contribution in [-0.2, 0) is 7.05 Å². The molecule has 0 aliphatic heterocycles. The third kappa shape index (κ3) is 2.08. The van der Waals surface area contributed by atoms with Gasteiger partial charge < -0.3 is 10.3 Å². The van der Waals surface area contributed by atoms with Crippen LogP contribution in [0.3, 0.4) is 0 Å². The molecule has 4 nitrogen and oxygen atoms in total. The minimum absolute atomic E-state index is 0.163. The van der Waals surface area contributed by atoms with Crippen LogP contribution in [0.2, 0.25) is 0 Å². The number of nitrogens with two attached hydrogens (primary N) is 1. The second-order valence-corrected chi connectivity index (χ2v) is 5.21. The molecule has 1 aromatic carbocycles. The van der Waals surface area contributed by atoms with Crippen LogP contribution in [0, 0.1) is 6.92 Å². The van der Waals surface area contributed by atoms with Crippen molar-refractivity contribution in [2.75, 3.05) is 0 Å². The fourth-order valence-electron chi connectivity index (χ4n) is 2.48. The Hall–Kier alpha value is -2.20. The van der Waals surface area contributed by atoms with Gasteiger partial charge in [0.05, 0.1) is 11.7 Å². The van der Waals surface area contributed by atoms with Gasteiger partial charge >= 0.3 is 0 Å². The summed E-state index contributed by atoms with van der Waals surface area (Å²) < 4.78 is 2.12. The van der Waals surface area contributed by atoms with E-state index in [1.54, 1.807) is 0 Å². The number of nitrogens with zero attached hydrogens (tertiary/aromatic N) is 3. The smallest absolute Gasteiger partial charge is 0.145 e. The molecule has 3 aromatic rings. The van der Waals surface area contributed by atoms with E-state index in [0.29, 0.717) is 5.82 Å². The Kier molecular flexibility index (Phi) is 3.03. The molecule has 0 saturated carbocycles. The van der Waals surface area contributed by atoms with Gasteiger partial charge in [0.15, 0.2) is 0 Å². The first-order valence-corrected chi connectivity index (χ1v) is 6.72. The quantitative estimate of drug-likeness (QED) is 0.775. The lowest BCUT2D eigenvalue weighted by Crippen LogP contribution is -2.11. The van der Waals surface area contributed by atoms with E-state index in [1.807, 2.05) is 39.1 Å². The number of benzene rings is 1. The molecule has 0 saturated heterocycles. The number of hydrogen-bond acceptors (Lipinski definition) is 3. The minimum atomic E-state index is -0.163. The molecule has 0 bridgehead atoms. The van der Waals surface area contributed by atoms with E-state index in [4.69, 9.17) is 5.73 Å². The average molecular weight is 266 g/mol. The highest BCUT2D eigenvalue weighted by molar-refractivity contribution is 5.95. The fourth-order valence-corrected chi connectivity index (χ4v) is 2.48. The first-order chi connectivity index (χ1) is 9.56. The van der Waals surface area contributed by atoms with Gasteiger partial charge in [0, 0.05) is 35.4 Å². The average Bonchev–Trinajstić information content (AvgIpc) is 2.76. The van der Waals surface area contributed by atoms with Crippen molar-refractivity contribution in [2.45, 2.75) is 19.9 Å². The van der Waals surface area contributed by atoms with Crippen molar-refractivity contribution in [2.24, 2.45) is 12.8 Å². The standard InChI is InChI=1S/C16H18N4/c1-10-8-14(19-16(18-10)11(2)17)13-9-20(3)15-7-5-4-6-12(13)15/h4-9,11H,17H2,1-3H3. The van der Waals surface area contributed by atoms with Gasteiger partial charge in [0.25, 0.3) is 0 Å². The number of para-hydroxylation sites is 1. The van der Waals surface area contributed by atoms with Crippen molar-refractivity contribution in [3.8, 4) is 11.3 Å². The molecule has 1 atom stereocenters. The lowest BCUT2D eigenvalue weighted by molar-refractivity contribution is 0.735. The summed E-state index contributed by atoms with van der Waals surface area (Å²) in [5, 5.41) is 1.20. The summed E-state index contributed by atoms with van der Waals surface area (Å²) in [5.41, 5.74) is 10.1. The maximum atomic E-state index is 5.92. The van der Waals surface area contributed by atoms with Gasteiger partial charge in [0.2, 0.25) is 0 Å². The van der Waals surface area contributed by atoms with Crippen LogP contribution in [0.1, 0.15) is 24.5 Å². The first-order valence-electron chi connectivity index (χ1n) is 6.72. The number of aromatic nitrogens is 3. The number of aryl methyl sites for hydroxylation is 2. The van der Waals surface area contributed by atoms with Crippen LogP contribution in [0.25, 0.3) is 22.2 Å². The van der Waals surface area contributed by atoms with E-state index in [-0.39, 0.29) is 6.04 Å². The molecular formula is C16H18N4. The maximum Gasteiger partial charge on any atom is 0.145 e. The highest BCUT2D eigenvalue weighted by Gasteiger charge is 2.12. The monoisotopic (exact) mass is 266 g/mol. The topological polar surface area (TPSA) is 56.7 Å². The van der Waals surface area contributed by atoms with E-state index in [0.717, 1.165) is 17.0 Å². The maximum absolute atomic E-state index is 5.92. The Labute approximate surface area is 118 Å². The zero-order valence-corrected chi connectivity index (χ0v) is 12.0. The lowest BCUT2D eigenvalue weighted by Gasteiger charge is -2.07. The van der Waals surface area contributed by atoms with Gasteiger partial charge in [-0.2, -0.15) is 0 Å². The summed E-state index contributed by atoms with van der Waals surface area (Å²) >= 11 is 0. The summed E-state index contributed by atoms with van der Waals surface area (Å²) in [6.45, 7) is 3.88. The molecule has 20 heavy (non-hydrogen) atoms. The Morgan fingerprint density at radius 3 is 2.70 bits per heavy atom. The summed E-state index contributed by atoms with van der Waals surface area (Å²) in [7, 11) is 2.05. The molecule has 0 aliphatic carbocycles. The van der Waals surface area contributed by atoms with Gasteiger partial charge in [-0.15, -0.1) is 0 Å². The molecule has 1 unspecified atom stereocenters. The summed E-state index contributed by atoms with van der Waals surface area (Å²) in [6, 6.07) is 10.2. The second-order valence-electron chi connectivity index (χ2n) is 5.21. The number of hydrogen-bond donors (Lipinski definition) is 1. The van der Waals surface area contributed by atoms with Gasteiger partial charge in [-0.05, 0) is 26.0 Å². The molecule has 2 aromatic heterocycles. The molecule has 0 fully saturated rings. The molecule has 0 aliphatic rings. The normalized spacial score (nSPS) is 12.8. The third-order valence-corrected chi connectivity index (χ3v) is 3.45. The van der Waals surface area contributed by atoms with E-state index in [9.17, 15) is 0 Å². The summed E-state index contributed by atoms with van der Waals surface area (Å²) in [4.78, 5) is 9.02. The van der Waals surface area contributed by atoms with Crippen molar-refractivity contribution >= 4 is 10.9 Å². The summed E-state index contributed by atoms with van der Waals surface area (Å²) in [6.07, 6.45) is 2.11. The number of rotatable bonds is 2. The predicted molar refractivity (Wildman–Crippen MR) is 81.3 cm³/mol. The molecule has 3 rings (SSSR count). The number of fused-ring (bicyclic) bond motifs is 1. The largest absolute Gasteiger partial charge is 0.350 e. The third-order valence-electron chi connectivity index (χ3n) is 3.45. The lowest BCUT2D eigenvalue weighted by atomic mass is 10.1. The van der Waals surface area contributed by atoms with Gasteiger partial charge in [-0.1, -0.05) is 18.2 Å². The van der Waals surface area contributed by atoms with Crippen LogP contribution in [0.15, 0.2) is 36.5 Å². The van der Waals surface area contributed by atoms with Gasteiger partial charge in [0.1, 0.15) is 5.82 Å². The highest BCUT2D eigenvalue weighted by Crippen LogP contribution is 2.29. The van der Waals surface area contributed by atoms with Crippen molar-refractivity contribution < 1.29 is 0 Å². The van der Waals surface area contributed by atoms with Crippen molar-refractivity contribution in [3.05, 3.63) is 48.0 Å². The van der Waals surface area contributed by atoms with E-state index in [2.05, 4.69) is 32.9 Å². The van der Waals surface area contributed by atoms with Gasteiger partial charge in [-0.3, -0.25) is 0 Å². The molecule has 0 spiro atoms. The first kappa shape index (κ1) is 12.8. The fraction of sp³-hybridized carbons (Fsp3) is 0.250. The van der Waals surface area contributed by atoms with E-state index < -0.39 is 0 Å². The summed E-state index contributed by atoms with van der Waals surface area (Å²) in [5.74, 6) is 0.688. The molecule has 2 heterocycles. The highest BCUT2D eigenvalue weighted by atomic mass is 15.0. The minimum Gasteiger partial charge on any atom is -0.350 e. The Morgan fingerprint density at radius 2 is 1.95 bits per heavy atom. The van der Waals surface area contributed by atoms with Crippen LogP contribution >= 0.6 is 0 Å². The van der Waals surface area contributed by atoms with E-state index >= 15 is 0 Å². The predicted octanol–water partition coefficient (Wildman–Crippen LogP) is 2.96. The van der Waals surface area contributed by atoms with Crippen LogP contribution in [0.4, 0.5) is 0 Å². The van der Waals surface area contributed by atoms with E-state index in [1.165, 1.54) is 10.9 Å². The Bertz CT molecular complexity index is 771. The van der Waals surface area contributed by atoms with Crippen molar-refractivity contribution in [1.82, 2.24) is 14.5 Å². The Balaban J connectivity index is 2.26. The molecule has 102 valence electrons. The molecular weight excluding hydrogens is 248 g/mol. The van der Waals surface area contributed by atoms with Crippen molar-refractivity contribution in [3.63, 3.8) is 0 Å². The second kappa shape index (κ2) is 4.72. The zero-order chi connectivity index (χ0) is 14.3. The Morgan fingerprint density at radius 1 is 1.20 bits per heavy atom. The SMILES string of the molecule is Cc1cc(-c2cn(C)c3ccccc23)nc(C(C)N)n1. The molecule has 0 radical (unpaired) electrons. The van der Waals surface area contributed by atoms with Crippen LogP contribution < -0.4 is 5.73 Å². The van der Waals surface area contributed by atoms with Crippen LogP contribution in [0.5, 0.6) is 0 Å². The molecule has 0 amide bonds. The molecule has 4 heteroatoms.